The predicted octanol–water partition coefficient (Wildman–Crippen LogP) is 0.841. The Morgan fingerprint density at radius 3 is 2.27 bits per heavy atom. The van der Waals surface area contributed by atoms with E-state index in [4.69, 9.17) is 10.5 Å². The maximum atomic E-state index is 11.4. The smallest absolute Gasteiger partial charge is 0.308 e. The van der Waals surface area contributed by atoms with Gasteiger partial charge in [-0.25, -0.2) is 0 Å². The molecule has 0 radical (unpaired) electrons. The van der Waals surface area contributed by atoms with Crippen LogP contribution in [-0.4, -0.2) is 18.5 Å². The molecule has 0 saturated heterocycles. The Labute approximate surface area is 89.2 Å². The molecule has 0 heterocycles. The van der Waals surface area contributed by atoms with Crippen LogP contribution in [0.1, 0.15) is 32.6 Å². The van der Waals surface area contributed by atoms with E-state index < -0.39 is 0 Å². The van der Waals surface area contributed by atoms with E-state index >= 15 is 0 Å². The summed E-state index contributed by atoms with van der Waals surface area (Å²) in [5.41, 5.74) is 5.46. The minimum atomic E-state index is -0.194. The van der Waals surface area contributed by atoms with Crippen LogP contribution < -0.4 is 5.73 Å². The molecule has 0 atom stereocenters. The summed E-state index contributed by atoms with van der Waals surface area (Å²) in [6.45, 7) is 2.27. The van der Waals surface area contributed by atoms with Crippen LogP contribution in [0, 0.1) is 17.3 Å². The van der Waals surface area contributed by atoms with Crippen LogP contribution in [0.3, 0.4) is 0 Å². The van der Waals surface area contributed by atoms with Gasteiger partial charge in [-0.15, -0.1) is 0 Å². The Morgan fingerprint density at radius 2 is 1.80 bits per heavy atom. The molecule has 0 aromatic carbocycles. The number of amides is 1. The van der Waals surface area contributed by atoms with Gasteiger partial charge in [0.1, 0.15) is 0 Å². The van der Waals surface area contributed by atoms with E-state index in [2.05, 4.69) is 0 Å². The number of primary amides is 1. The first-order valence-corrected chi connectivity index (χ1v) is 5.52. The van der Waals surface area contributed by atoms with E-state index in [1.807, 2.05) is 6.92 Å². The monoisotopic (exact) mass is 211 g/mol. The summed E-state index contributed by atoms with van der Waals surface area (Å²) in [6, 6.07) is 0. The molecule has 2 saturated carbocycles. The summed E-state index contributed by atoms with van der Waals surface area (Å²) in [5, 5.41) is 0. The molecule has 15 heavy (non-hydrogen) atoms. The molecule has 0 aromatic heterocycles. The van der Waals surface area contributed by atoms with Crippen molar-refractivity contribution < 1.29 is 14.3 Å². The van der Waals surface area contributed by atoms with Gasteiger partial charge < -0.3 is 10.5 Å². The van der Waals surface area contributed by atoms with Crippen molar-refractivity contribution >= 4 is 11.9 Å². The lowest BCUT2D eigenvalue weighted by Gasteiger charge is -2.56. The summed E-state index contributed by atoms with van der Waals surface area (Å²) in [4.78, 5) is 22.2. The highest BCUT2D eigenvalue weighted by Crippen LogP contribution is 2.61. The van der Waals surface area contributed by atoms with Gasteiger partial charge in [0.2, 0.25) is 5.91 Å². The maximum absolute atomic E-state index is 11.4. The molecule has 2 rings (SSSR count). The third-order valence-electron chi connectivity index (χ3n) is 3.74. The highest BCUT2D eigenvalue weighted by Gasteiger charge is 2.56. The van der Waals surface area contributed by atoms with Gasteiger partial charge in [-0.05, 0) is 38.0 Å². The van der Waals surface area contributed by atoms with Crippen molar-refractivity contribution in [3.8, 4) is 0 Å². The average molecular weight is 211 g/mol. The second-order valence-corrected chi connectivity index (χ2v) is 4.86. The van der Waals surface area contributed by atoms with E-state index in [0.717, 1.165) is 25.7 Å². The average Bonchev–Trinajstić information content (AvgIpc) is 1.98. The highest BCUT2D eigenvalue weighted by atomic mass is 16.5. The predicted molar refractivity (Wildman–Crippen MR) is 53.7 cm³/mol. The molecule has 0 bridgehead atoms. The summed E-state index contributed by atoms with van der Waals surface area (Å²) in [7, 11) is 0. The van der Waals surface area contributed by atoms with Gasteiger partial charge in [-0.1, -0.05) is 0 Å². The van der Waals surface area contributed by atoms with Crippen LogP contribution in [0.4, 0.5) is 0 Å². The number of rotatable bonds is 3. The Bertz CT molecular complexity index is 286. The number of nitrogens with two attached hydrogens (primary N) is 1. The standard InChI is InChI=1S/C11H17NO3/c1-2-15-10(14)8-5-11(6-8)3-7(4-11)9(12)13/h7-8H,2-6H2,1H3,(H2,12,13). The molecule has 1 amide bonds. The molecule has 4 heteroatoms. The van der Waals surface area contributed by atoms with Crippen molar-refractivity contribution in [2.24, 2.45) is 23.0 Å². The van der Waals surface area contributed by atoms with Crippen molar-refractivity contribution in [3.63, 3.8) is 0 Å². The number of hydrogen-bond acceptors (Lipinski definition) is 3. The minimum Gasteiger partial charge on any atom is -0.466 e. The summed E-state index contributed by atoms with van der Waals surface area (Å²) >= 11 is 0. The SMILES string of the molecule is CCOC(=O)C1CC2(CC(C(N)=O)C2)C1. The van der Waals surface area contributed by atoms with Gasteiger partial charge >= 0.3 is 5.97 Å². The Kier molecular flexibility index (Phi) is 2.44. The molecule has 2 N–H and O–H groups in total. The van der Waals surface area contributed by atoms with Crippen molar-refractivity contribution in [2.45, 2.75) is 32.6 Å². The zero-order valence-electron chi connectivity index (χ0n) is 8.99. The second-order valence-electron chi connectivity index (χ2n) is 4.86. The molecular weight excluding hydrogens is 194 g/mol. The number of esters is 1. The summed E-state index contributed by atoms with van der Waals surface area (Å²) in [5.74, 6) is -0.155. The lowest BCUT2D eigenvalue weighted by molar-refractivity contribution is -0.165. The van der Waals surface area contributed by atoms with Crippen molar-refractivity contribution in [2.75, 3.05) is 6.61 Å². The van der Waals surface area contributed by atoms with E-state index in [1.54, 1.807) is 0 Å². The zero-order chi connectivity index (χ0) is 11.1. The molecule has 2 fully saturated rings. The molecular formula is C11H17NO3. The lowest BCUT2D eigenvalue weighted by atomic mass is 9.48. The zero-order valence-corrected chi connectivity index (χ0v) is 8.99. The molecule has 0 aliphatic heterocycles. The van der Waals surface area contributed by atoms with E-state index in [9.17, 15) is 9.59 Å². The molecule has 4 nitrogen and oxygen atoms in total. The van der Waals surface area contributed by atoms with Crippen molar-refractivity contribution in [1.82, 2.24) is 0 Å². The first-order valence-electron chi connectivity index (χ1n) is 5.52. The highest BCUT2D eigenvalue weighted by molar-refractivity contribution is 5.79. The minimum absolute atomic E-state index is 0.0492. The van der Waals surface area contributed by atoms with Crippen LogP contribution in [0.2, 0.25) is 0 Å². The summed E-state index contributed by atoms with van der Waals surface area (Å²) in [6.07, 6.45) is 3.52. The number of hydrogen-bond donors (Lipinski definition) is 1. The van der Waals surface area contributed by atoms with E-state index in [0.29, 0.717) is 6.61 Å². The van der Waals surface area contributed by atoms with Gasteiger partial charge in [0.05, 0.1) is 12.5 Å². The molecule has 84 valence electrons. The van der Waals surface area contributed by atoms with E-state index in [1.165, 1.54) is 0 Å². The fourth-order valence-electron chi connectivity index (χ4n) is 2.93. The second kappa shape index (κ2) is 3.51. The van der Waals surface area contributed by atoms with Crippen molar-refractivity contribution in [3.05, 3.63) is 0 Å². The molecule has 0 aromatic rings. The number of carbonyl (C=O) groups is 2. The third kappa shape index (κ3) is 1.73. The Hall–Kier alpha value is -1.06. The molecule has 1 spiro atoms. The van der Waals surface area contributed by atoms with Gasteiger partial charge in [0.15, 0.2) is 0 Å². The number of carbonyl (C=O) groups excluding carboxylic acids is 2. The normalized spacial score (nSPS) is 37.9. The lowest BCUT2D eigenvalue weighted by Crippen LogP contribution is -2.53. The third-order valence-corrected chi connectivity index (χ3v) is 3.74. The number of ether oxygens (including phenoxy) is 1. The van der Waals surface area contributed by atoms with Gasteiger partial charge in [0, 0.05) is 5.92 Å². The molecule has 2 aliphatic rings. The van der Waals surface area contributed by atoms with Gasteiger partial charge in [-0.2, -0.15) is 0 Å². The summed E-state index contributed by atoms with van der Waals surface area (Å²) < 4.78 is 4.95. The van der Waals surface area contributed by atoms with Crippen LogP contribution in [0.15, 0.2) is 0 Å². The first-order chi connectivity index (χ1) is 7.06. The molecule has 2 aliphatic carbocycles. The first kappa shape index (κ1) is 10.5. The van der Waals surface area contributed by atoms with Crippen molar-refractivity contribution in [1.29, 1.82) is 0 Å². The fraction of sp³-hybridized carbons (Fsp3) is 0.818. The topological polar surface area (TPSA) is 69.4 Å². The van der Waals surface area contributed by atoms with Crippen LogP contribution in [0.5, 0.6) is 0 Å². The van der Waals surface area contributed by atoms with Gasteiger partial charge in [-0.3, -0.25) is 9.59 Å². The quantitative estimate of drug-likeness (QED) is 0.703. The largest absolute Gasteiger partial charge is 0.466 e. The Balaban J connectivity index is 1.75. The fourth-order valence-corrected chi connectivity index (χ4v) is 2.93. The van der Waals surface area contributed by atoms with Crippen LogP contribution in [-0.2, 0) is 14.3 Å². The van der Waals surface area contributed by atoms with Crippen LogP contribution >= 0.6 is 0 Å². The maximum Gasteiger partial charge on any atom is 0.308 e. The molecule has 0 unspecified atom stereocenters. The van der Waals surface area contributed by atoms with Gasteiger partial charge in [0.25, 0.3) is 0 Å². The Morgan fingerprint density at radius 1 is 1.27 bits per heavy atom. The van der Waals surface area contributed by atoms with E-state index in [-0.39, 0.29) is 29.1 Å². The van der Waals surface area contributed by atoms with Crippen LogP contribution in [0.25, 0.3) is 0 Å².